The highest BCUT2D eigenvalue weighted by Gasteiger charge is 2.28. The highest BCUT2D eigenvalue weighted by molar-refractivity contribution is 5.89. The molecular weight excluding hydrogens is 218 g/mol. The van der Waals surface area contributed by atoms with Gasteiger partial charge in [0.1, 0.15) is 5.60 Å². The van der Waals surface area contributed by atoms with Crippen molar-refractivity contribution in [2.45, 2.75) is 39.2 Å². The van der Waals surface area contributed by atoms with Crippen molar-refractivity contribution in [2.24, 2.45) is 0 Å². The molecule has 0 unspecified atom stereocenters. The van der Waals surface area contributed by atoms with Crippen LogP contribution in [0.2, 0.25) is 0 Å². The number of rotatable bonds is 2. The molecule has 0 N–H and O–H groups in total. The van der Waals surface area contributed by atoms with E-state index in [9.17, 15) is 4.79 Å². The normalized spacial score (nSPS) is 16.9. The number of nitrogens with zero attached hydrogens (tertiary/aromatic N) is 1. The molecule has 17 heavy (non-hydrogen) atoms. The largest absolute Gasteiger partial charge is 0.471 e. The lowest BCUT2D eigenvalue weighted by atomic mass is 9.95. The summed E-state index contributed by atoms with van der Waals surface area (Å²) in [6, 6.07) is 1.82. The van der Waals surface area contributed by atoms with Crippen molar-refractivity contribution in [1.82, 2.24) is 4.98 Å². The molecule has 1 aromatic heterocycles. The molecule has 0 atom stereocenters. The zero-order valence-corrected chi connectivity index (χ0v) is 10.4. The minimum Gasteiger partial charge on any atom is -0.471 e. The first-order valence-corrected chi connectivity index (χ1v) is 5.87. The Balaban J connectivity index is 2.24. The minimum atomic E-state index is -0.326. The van der Waals surface area contributed by atoms with E-state index in [1.807, 2.05) is 19.9 Å². The summed E-state index contributed by atoms with van der Waals surface area (Å²) in [5.41, 5.74) is 1.30. The molecule has 0 aliphatic carbocycles. The number of ether oxygens (including phenoxy) is 2. The van der Waals surface area contributed by atoms with Gasteiger partial charge in [0.25, 0.3) is 0 Å². The maximum Gasteiger partial charge on any atom is 0.339 e. The first kappa shape index (κ1) is 11.9. The van der Waals surface area contributed by atoms with Gasteiger partial charge in [-0.3, -0.25) is 0 Å². The predicted molar refractivity (Wildman–Crippen MR) is 63.2 cm³/mol. The van der Waals surface area contributed by atoms with Crippen molar-refractivity contribution in [2.75, 3.05) is 6.61 Å². The molecule has 2 rings (SSSR count). The number of aryl methyl sites for hydroxylation is 1. The summed E-state index contributed by atoms with van der Waals surface area (Å²) in [4.78, 5) is 15.7. The van der Waals surface area contributed by atoms with Crippen molar-refractivity contribution in [3.05, 3.63) is 23.4 Å². The molecule has 4 heteroatoms. The van der Waals surface area contributed by atoms with Gasteiger partial charge in [-0.2, -0.15) is 0 Å². The Labute approximate surface area is 101 Å². The van der Waals surface area contributed by atoms with Crippen molar-refractivity contribution in [1.29, 1.82) is 0 Å². The van der Waals surface area contributed by atoms with Crippen LogP contribution in [0.4, 0.5) is 0 Å². The lowest BCUT2D eigenvalue weighted by Crippen LogP contribution is -2.33. The van der Waals surface area contributed by atoms with E-state index < -0.39 is 0 Å². The first-order valence-electron chi connectivity index (χ1n) is 5.87. The van der Waals surface area contributed by atoms with E-state index >= 15 is 0 Å². The van der Waals surface area contributed by atoms with Crippen molar-refractivity contribution >= 4 is 5.97 Å². The molecule has 2 heterocycles. The van der Waals surface area contributed by atoms with Crippen LogP contribution >= 0.6 is 0 Å². The number of fused-ring (bicyclic) bond motifs is 1. The zero-order valence-electron chi connectivity index (χ0n) is 10.4. The zero-order chi connectivity index (χ0) is 12.5. The third-order valence-corrected chi connectivity index (χ3v) is 2.81. The summed E-state index contributed by atoms with van der Waals surface area (Å²) in [5, 5.41) is 0. The summed E-state index contributed by atoms with van der Waals surface area (Å²) < 4.78 is 10.7. The van der Waals surface area contributed by atoms with Gasteiger partial charge < -0.3 is 9.47 Å². The summed E-state index contributed by atoms with van der Waals surface area (Å²) in [5.74, 6) is 0.307. The van der Waals surface area contributed by atoms with E-state index in [2.05, 4.69) is 4.98 Å². The summed E-state index contributed by atoms with van der Waals surface area (Å²) in [6.45, 7) is 6.24. The first-order chi connectivity index (χ1) is 8.02. The van der Waals surface area contributed by atoms with Crippen molar-refractivity contribution in [3.63, 3.8) is 0 Å². The summed E-state index contributed by atoms with van der Waals surface area (Å²) in [6.07, 6.45) is 3.31. The van der Waals surface area contributed by atoms with Crippen molar-refractivity contribution in [3.8, 4) is 5.88 Å². The van der Waals surface area contributed by atoms with E-state index in [0.717, 1.165) is 18.4 Å². The third kappa shape index (κ3) is 2.57. The van der Waals surface area contributed by atoms with Gasteiger partial charge in [-0.15, -0.1) is 0 Å². The molecule has 1 aliphatic rings. The van der Waals surface area contributed by atoms with Crippen LogP contribution in [0.5, 0.6) is 5.88 Å². The van der Waals surface area contributed by atoms with Gasteiger partial charge in [0.15, 0.2) is 0 Å². The fourth-order valence-electron chi connectivity index (χ4n) is 1.84. The minimum absolute atomic E-state index is 0.175. The van der Waals surface area contributed by atoms with E-state index in [4.69, 9.17) is 9.47 Å². The number of hydrogen-bond donors (Lipinski definition) is 0. The second-order valence-corrected chi connectivity index (χ2v) is 4.77. The molecule has 0 bridgehead atoms. The highest BCUT2D eigenvalue weighted by Crippen LogP contribution is 2.31. The Hall–Kier alpha value is -1.58. The maximum atomic E-state index is 11.6. The van der Waals surface area contributed by atoms with Crippen LogP contribution in [0, 0.1) is 0 Å². The number of pyridine rings is 1. The number of carbonyl (C=O) groups is 1. The highest BCUT2D eigenvalue weighted by atomic mass is 16.5. The Morgan fingerprint density at radius 3 is 3.06 bits per heavy atom. The molecule has 0 fully saturated rings. The molecule has 0 saturated heterocycles. The molecule has 0 aromatic carbocycles. The predicted octanol–water partition coefficient (Wildman–Crippen LogP) is 2.36. The van der Waals surface area contributed by atoms with Crippen LogP contribution in [0.1, 0.15) is 43.1 Å². The van der Waals surface area contributed by atoms with Crippen molar-refractivity contribution < 1.29 is 14.3 Å². The maximum absolute atomic E-state index is 11.6. The fraction of sp³-hybridized carbons (Fsp3) is 0.538. The van der Waals surface area contributed by atoms with E-state index in [1.54, 1.807) is 6.92 Å². The number of carbonyl (C=O) groups excluding carboxylic acids is 1. The lowest BCUT2D eigenvalue weighted by molar-refractivity contribution is 0.0524. The second-order valence-electron chi connectivity index (χ2n) is 4.77. The molecule has 1 aromatic rings. The van der Waals surface area contributed by atoms with Gasteiger partial charge in [0.2, 0.25) is 5.88 Å². The molecule has 0 spiro atoms. The van der Waals surface area contributed by atoms with E-state index in [1.165, 1.54) is 6.20 Å². The Morgan fingerprint density at radius 1 is 1.59 bits per heavy atom. The van der Waals surface area contributed by atoms with Crippen LogP contribution < -0.4 is 4.74 Å². The van der Waals surface area contributed by atoms with Crippen LogP contribution in [-0.4, -0.2) is 23.2 Å². The van der Waals surface area contributed by atoms with E-state index in [0.29, 0.717) is 18.1 Å². The van der Waals surface area contributed by atoms with Gasteiger partial charge in [-0.05, 0) is 39.7 Å². The molecular formula is C13H17NO3. The summed E-state index contributed by atoms with van der Waals surface area (Å²) in [7, 11) is 0. The Kier molecular flexibility index (Phi) is 3.05. The van der Waals surface area contributed by atoms with Gasteiger partial charge in [-0.25, -0.2) is 9.78 Å². The lowest BCUT2D eigenvalue weighted by Gasteiger charge is -2.31. The smallest absolute Gasteiger partial charge is 0.339 e. The van der Waals surface area contributed by atoms with Gasteiger partial charge in [-0.1, -0.05) is 0 Å². The monoisotopic (exact) mass is 235 g/mol. The topological polar surface area (TPSA) is 48.4 Å². The fourth-order valence-corrected chi connectivity index (χ4v) is 1.84. The van der Waals surface area contributed by atoms with Gasteiger partial charge in [0.05, 0.1) is 12.2 Å². The van der Waals surface area contributed by atoms with Crippen LogP contribution in [0.25, 0.3) is 0 Å². The van der Waals surface area contributed by atoms with E-state index in [-0.39, 0.29) is 11.6 Å². The third-order valence-electron chi connectivity index (χ3n) is 2.81. The molecule has 0 radical (unpaired) electrons. The Morgan fingerprint density at radius 2 is 2.35 bits per heavy atom. The molecule has 92 valence electrons. The molecule has 0 amide bonds. The number of hydrogen-bond acceptors (Lipinski definition) is 4. The average molecular weight is 235 g/mol. The summed E-state index contributed by atoms with van der Waals surface area (Å²) >= 11 is 0. The van der Waals surface area contributed by atoms with Gasteiger partial charge in [0, 0.05) is 11.8 Å². The molecule has 0 saturated carbocycles. The standard InChI is InChI=1S/C13H17NO3/c1-4-16-12(15)10-7-9-5-6-13(2,3)17-11(9)14-8-10/h7-8H,4-6H2,1-3H3. The average Bonchev–Trinajstić information content (AvgIpc) is 2.27. The van der Waals surface area contributed by atoms with Crippen LogP contribution in [0.15, 0.2) is 12.3 Å². The molecule has 1 aliphatic heterocycles. The molecule has 4 nitrogen and oxygen atoms in total. The number of aromatic nitrogens is 1. The number of esters is 1. The van der Waals surface area contributed by atoms with Gasteiger partial charge >= 0.3 is 5.97 Å². The Bertz CT molecular complexity index is 440. The second kappa shape index (κ2) is 4.35. The van der Waals surface area contributed by atoms with Crippen LogP contribution in [-0.2, 0) is 11.2 Å². The van der Waals surface area contributed by atoms with Crippen LogP contribution in [0.3, 0.4) is 0 Å². The SMILES string of the molecule is CCOC(=O)c1cnc2c(c1)CCC(C)(C)O2. The quantitative estimate of drug-likeness (QED) is 0.738.